The van der Waals surface area contributed by atoms with Gasteiger partial charge < -0.3 is 15.8 Å². The Morgan fingerprint density at radius 1 is 1.15 bits per heavy atom. The van der Waals surface area contributed by atoms with Crippen LogP contribution in [-0.4, -0.2) is 18.2 Å². The van der Waals surface area contributed by atoms with Crippen LogP contribution in [0.25, 0.3) is 11.1 Å². The molecule has 0 heterocycles. The Bertz CT molecular complexity index is 639. The molecular weight excluding hydrogens is 272 g/mol. The summed E-state index contributed by atoms with van der Waals surface area (Å²) >= 11 is 4.86. The van der Waals surface area contributed by atoms with E-state index in [4.69, 9.17) is 18.0 Å². The van der Waals surface area contributed by atoms with Crippen molar-refractivity contribution >= 4 is 29.0 Å². The molecule has 2 aromatic rings. The van der Waals surface area contributed by atoms with Gasteiger partial charge in [0.05, 0.1) is 12.7 Å². The highest BCUT2D eigenvalue weighted by Gasteiger charge is 2.08. The minimum absolute atomic E-state index is 0.212. The fraction of sp³-hybridized carbons (Fsp3) is 0.0667. The first-order valence-electron chi connectivity index (χ1n) is 5.96. The third kappa shape index (κ3) is 3.13. The molecule has 0 aromatic heterocycles. The zero-order valence-electron chi connectivity index (χ0n) is 10.9. The first kappa shape index (κ1) is 14.0. The Kier molecular flexibility index (Phi) is 4.32. The fourth-order valence-corrected chi connectivity index (χ4v) is 1.99. The maximum atomic E-state index is 11.4. The molecule has 0 fully saturated rings. The Balaban J connectivity index is 2.36. The van der Waals surface area contributed by atoms with Gasteiger partial charge in [-0.15, -0.1) is 0 Å². The van der Waals surface area contributed by atoms with E-state index in [1.54, 1.807) is 12.1 Å². The van der Waals surface area contributed by atoms with Crippen molar-refractivity contribution in [2.45, 2.75) is 0 Å². The summed E-state index contributed by atoms with van der Waals surface area (Å²) < 4.78 is 4.67. The van der Waals surface area contributed by atoms with Crippen LogP contribution in [0.3, 0.4) is 0 Å². The second kappa shape index (κ2) is 6.16. The van der Waals surface area contributed by atoms with Crippen molar-refractivity contribution in [3.63, 3.8) is 0 Å². The van der Waals surface area contributed by atoms with Crippen LogP contribution in [0.15, 0.2) is 48.5 Å². The molecule has 0 aliphatic heterocycles. The molecule has 5 heteroatoms. The summed E-state index contributed by atoms with van der Waals surface area (Å²) in [6, 6.07) is 14.8. The molecular formula is C15H14N2O2S. The third-order valence-electron chi connectivity index (χ3n) is 2.80. The van der Waals surface area contributed by atoms with Gasteiger partial charge in [-0.1, -0.05) is 30.3 Å². The van der Waals surface area contributed by atoms with E-state index >= 15 is 0 Å². The molecule has 0 spiro atoms. The summed E-state index contributed by atoms with van der Waals surface area (Å²) in [5.74, 6) is -0.355. The molecule has 0 amide bonds. The molecule has 2 rings (SSSR count). The van der Waals surface area contributed by atoms with Gasteiger partial charge in [-0.25, -0.2) is 4.79 Å². The monoisotopic (exact) mass is 286 g/mol. The molecule has 0 saturated carbocycles. The molecule has 0 aliphatic rings. The SMILES string of the molecule is COC(=O)c1ccc(-c2ccccc2NC(N)=S)cc1. The Labute approximate surface area is 122 Å². The molecule has 20 heavy (non-hydrogen) atoms. The molecule has 102 valence electrons. The van der Waals surface area contributed by atoms with Crippen LogP contribution in [0, 0.1) is 0 Å². The predicted molar refractivity (Wildman–Crippen MR) is 83.6 cm³/mol. The first-order chi connectivity index (χ1) is 9.61. The quantitative estimate of drug-likeness (QED) is 0.671. The van der Waals surface area contributed by atoms with Crippen LogP contribution in [-0.2, 0) is 4.74 Å². The summed E-state index contributed by atoms with van der Waals surface area (Å²) in [7, 11) is 1.36. The van der Waals surface area contributed by atoms with Crippen molar-refractivity contribution < 1.29 is 9.53 Å². The molecule has 4 nitrogen and oxygen atoms in total. The van der Waals surface area contributed by atoms with E-state index in [2.05, 4.69) is 10.1 Å². The number of carbonyl (C=O) groups excluding carboxylic acids is 1. The highest BCUT2D eigenvalue weighted by molar-refractivity contribution is 7.80. The number of methoxy groups -OCH3 is 1. The van der Waals surface area contributed by atoms with Gasteiger partial charge in [-0.3, -0.25) is 0 Å². The van der Waals surface area contributed by atoms with Crippen molar-refractivity contribution in [2.75, 3.05) is 12.4 Å². The first-order valence-corrected chi connectivity index (χ1v) is 6.37. The lowest BCUT2D eigenvalue weighted by atomic mass is 10.0. The van der Waals surface area contributed by atoms with Gasteiger partial charge in [0.25, 0.3) is 0 Å². The lowest BCUT2D eigenvalue weighted by Crippen LogP contribution is -2.19. The van der Waals surface area contributed by atoms with E-state index < -0.39 is 0 Å². The number of anilines is 1. The highest BCUT2D eigenvalue weighted by atomic mass is 32.1. The highest BCUT2D eigenvalue weighted by Crippen LogP contribution is 2.28. The smallest absolute Gasteiger partial charge is 0.337 e. The number of rotatable bonds is 3. The zero-order valence-corrected chi connectivity index (χ0v) is 11.7. The van der Waals surface area contributed by atoms with Gasteiger partial charge in [0.15, 0.2) is 5.11 Å². The van der Waals surface area contributed by atoms with Crippen molar-refractivity contribution in [3.05, 3.63) is 54.1 Å². The zero-order chi connectivity index (χ0) is 14.5. The number of para-hydroxylation sites is 1. The van der Waals surface area contributed by atoms with Gasteiger partial charge in [-0.2, -0.15) is 0 Å². The molecule has 3 N–H and O–H groups in total. The average Bonchev–Trinajstić information content (AvgIpc) is 2.46. The van der Waals surface area contributed by atoms with E-state index in [1.165, 1.54) is 7.11 Å². The lowest BCUT2D eigenvalue weighted by molar-refractivity contribution is 0.0601. The third-order valence-corrected chi connectivity index (χ3v) is 2.90. The van der Waals surface area contributed by atoms with Gasteiger partial charge in [0.1, 0.15) is 0 Å². The fourth-order valence-electron chi connectivity index (χ4n) is 1.88. The summed E-state index contributed by atoms with van der Waals surface area (Å²) in [6.45, 7) is 0. The van der Waals surface area contributed by atoms with Gasteiger partial charge in [-0.05, 0) is 36.0 Å². The van der Waals surface area contributed by atoms with Gasteiger partial charge >= 0.3 is 5.97 Å². The molecule has 0 saturated heterocycles. The number of esters is 1. The number of benzene rings is 2. The molecule has 0 unspecified atom stereocenters. The number of ether oxygens (including phenoxy) is 1. The number of hydrogen-bond donors (Lipinski definition) is 2. The van der Waals surface area contributed by atoms with E-state index in [0.29, 0.717) is 5.56 Å². The largest absolute Gasteiger partial charge is 0.465 e. The number of nitrogens with one attached hydrogen (secondary N) is 1. The minimum Gasteiger partial charge on any atom is -0.465 e. The second-order valence-electron chi connectivity index (χ2n) is 4.10. The van der Waals surface area contributed by atoms with Crippen LogP contribution in [0.5, 0.6) is 0 Å². The predicted octanol–water partition coefficient (Wildman–Crippen LogP) is 2.80. The average molecular weight is 286 g/mol. The van der Waals surface area contributed by atoms with E-state index in [-0.39, 0.29) is 11.1 Å². The normalized spacial score (nSPS) is 9.85. The second-order valence-corrected chi connectivity index (χ2v) is 4.54. The number of hydrogen-bond acceptors (Lipinski definition) is 3. The van der Waals surface area contributed by atoms with Crippen molar-refractivity contribution in [1.29, 1.82) is 0 Å². The molecule has 0 atom stereocenters. The van der Waals surface area contributed by atoms with Crippen LogP contribution in [0.4, 0.5) is 5.69 Å². The van der Waals surface area contributed by atoms with Crippen molar-refractivity contribution in [2.24, 2.45) is 5.73 Å². The summed E-state index contributed by atoms with van der Waals surface area (Å²) in [5, 5.41) is 3.15. The van der Waals surface area contributed by atoms with E-state index in [1.807, 2.05) is 36.4 Å². The summed E-state index contributed by atoms with van der Waals surface area (Å²) in [5.41, 5.74) is 8.76. The van der Waals surface area contributed by atoms with Crippen molar-refractivity contribution in [1.82, 2.24) is 0 Å². The van der Waals surface area contributed by atoms with Crippen LogP contribution < -0.4 is 11.1 Å². The van der Waals surface area contributed by atoms with Crippen LogP contribution in [0.2, 0.25) is 0 Å². The molecule has 2 aromatic carbocycles. The van der Waals surface area contributed by atoms with E-state index in [0.717, 1.165) is 16.8 Å². The number of thiocarbonyl (C=S) groups is 1. The van der Waals surface area contributed by atoms with Crippen LogP contribution in [0.1, 0.15) is 10.4 Å². The van der Waals surface area contributed by atoms with Gasteiger partial charge in [0.2, 0.25) is 0 Å². The number of nitrogens with two attached hydrogens (primary N) is 1. The topological polar surface area (TPSA) is 64.3 Å². The Hall–Kier alpha value is -2.40. The lowest BCUT2D eigenvalue weighted by Gasteiger charge is -2.11. The number of carbonyl (C=O) groups is 1. The van der Waals surface area contributed by atoms with E-state index in [9.17, 15) is 4.79 Å². The summed E-state index contributed by atoms with van der Waals surface area (Å²) in [4.78, 5) is 11.4. The molecule has 0 aliphatic carbocycles. The maximum absolute atomic E-state index is 11.4. The molecule has 0 radical (unpaired) electrons. The maximum Gasteiger partial charge on any atom is 0.337 e. The minimum atomic E-state index is -0.355. The standard InChI is InChI=1S/C15H14N2O2S/c1-19-14(18)11-8-6-10(7-9-11)12-4-2-3-5-13(12)17-15(16)20/h2-9H,1H3,(H3,16,17,20). The van der Waals surface area contributed by atoms with Crippen molar-refractivity contribution in [3.8, 4) is 11.1 Å². The Morgan fingerprint density at radius 3 is 2.40 bits per heavy atom. The van der Waals surface area contributed by atoms with Gasteiger partial charge in [0, 0.05) is 11.3 Å². The van der Waals surface area contributed by atoms with Crippen LogP contribution >= 0.6 is 12.2 Å². The Morgan fingerprint density at radius 2 is 1.80 bits per heavy atom. The summed E-state index contributed by atoms with van der Waals surface area (Å²) in [6.07, 6.45) is 0. The molecule has 0 bridgehead atoms.